The lowest BCUT2D eigenvalue weighted by atomic mass is 10.0. The van der Waals surface area contributed by atoms with Gasteiger partial charge in [-0.15, -0.1) is 0 Å². The van der Waals surface area contributed by atoms with Crippen LogP contribution in [-0.2, 0) is 19.7 Å². The summed E-state index contributed by atoms with van der Waals surface area (Å²) in [6, 6.07) is 6.60. The van der Waals surface area contributed by atoms with E-state index in [-0.39, 0.29) is 0 Å². The van der Waals surface area contributed by atoms with Crippen molar-refractivity contribution in [2.45, 2.75) is 26.3 Å². The first-order valence-corrected chi connectivity index (χ1v) is 7.97. The number of aryl methyl sites for hydroxylation is 3. The van der Waals surface area contributed by atoms with Crippen molar-refractivity contribution in [2.75, 3.05) is 0 Å². The average molecular weight is 284 g/mol. The second-order valence-electron chi connectivity index (χ2n) is 4.27. The third-order valence-corrected chi connectivity index (χ3v) is 4.99. The van der Waals surface area contributed by atoms with Crippen LogP contribution >= 0.6 is 0 Å². The Hall–Kier alpha value is -2.48. The fraction of sp³-hybridized carbons (Fsp3) is 0.250. The van der Waals surface area contributed by atoms with Gasteiger partial charge in [0.05, 0.1) is 24.4 Å². The van der Waals surface area contributed by atoms with Gasteiger partial charge >= 0.3 is 8.80 Å². The van der Waals surface area contributed by atoms with Gasteiger partial charge in [-0.05, 0) is 31.4 Å². The molecule has 0 aliphatic rings. The van der Waals surface area contributed by atoms with Crippen LogP contribution in [0, 0.1) is 51.4 Å². The highest BCUT2D eigenvalue weighted by atomic mass is 28.4. The molecular weight excluding hydrogens is 268 g/mol. The van der Waals surface area contributed by atoms with Crippen molar-refractivity contribution in [3.8, 4) is 37.6 Å². The van der Waals surface area contributed by atoms with Gasteiger partial charge < -0.3 is 13.3 Å². The molecule has 102 valence electrons. The van der Waals surface area contributed by atoms with E-state index >= 15 is 0 Å². The smallest absolute Gasteiger partial charge is 0.432 e. The summed E-state index contributed by atoms with van der Waals surface area (Å²) in [5.74, 6) is 0. The minimum Gasteiger partial charge on any atom is -0.432 e. The van der Waals surface area contributed by atoms with Gasteiger partial charge in [-0.3, -0.25) is 0 Å². The lowest BCUT2D eigenvalue weighted by Gasteiger charge is -2.21. The van der Waals surface area contributed by atoms with Crippen LogP contribution in [0.15, 0.2) is 18.2 Å². The second kappa shape index (κ2) is 7.19. The molecule has 20 heavy (non-hydrogen) atoms. The summed E-state index contributed by atoms with van der Waals surface area (Å²) in [5, 5.41) is 0. The monoisotopic (exact) mass is 284 g/mol. The predicted octanol–water partition coefficient (Wildman–Crippen LogP) is 2.61. The Morgan fingerprint density at radius 1 is 1.00 bits per heavy atom. The number of hydrogen-bond donors (Lipinski definition) is 0. The zero-order valence-corrected chi connectivity index (χ0v) is 12.6. The first-order chi connectivity index (χ1) is 9.56. The summed E-state index contributed by atoms with van der Waals surface area (Å²) in [6.45, 7) is 4.08. The topological polar surface area (TPSA) is 27.7 Å². The van der Waals surface area contributed by atoms with E-state index in [0.29, 0.717) is 12.5 Å². The molecule has 0 aliphatic carbocycles. The SMILES string of the molecule is C#CO[Si](CCc1ccc(C)cc1C)(OC#C)OC#C. The third kappa shape index (κ3) is 4.02. The van der Waals surface area contributed by atoms with Gasteiger partial charge in [0.15, 0.2) is 0 Å². The quantitative estimate of drug-likeness (QED) is 0.593. The van der Waals surface area contributed by atoms with E-state index in [0.717, 1.165) is 5.56 Å². The van der Waals surface area contributed by atoms with Gasteiger partial charge in [-0.2, -0.15) is 0 Å². The van der Waals surface area contributed by atoms with Crippen LogP contribution in [0.3, 0.4) is 0 Å². The summed E-state index contributed by atoms with van der Waals surface area (Å²) in [4.78, 5) is 0. The van der Waals surface area contributed by atoms with E-state index in [9.17, 15) is 0 Å². The molecular formula is C16H16O3Si. The van der Waals surface area contributed by atoms with Crippen LogP contribution in [0.5, 0.6) is 0 Å². The van der Waals surface area contributed by atoms with Crippen molar-refractivity contribution in [1.82, 2.24) is 0 Å². The van der Waals surface area contributed by atoms with Crippen LogP contribution in [0.2, 0.25) is 6.04 Å². The maximum atomic E-state index is 5.16. The van der Waals surface area contributed by atoms with Crippen molar-refractivity contribution in [3.63, 3.8) is 0 Å². The van der Waals surface area contributed by atoms with E-state index in [2.05, 4.69) is 24.4 Å². The molecule has 3 nitrogen and oxygen atoms in total. The molecule has 0 atom stereocenters. The van der Waals surface area contributed by atoms with E-state index in [1.165, 1.54) is 11.1 Å². The van der Waals surface area contributed by atoms with Crippen LogP contribution in [0.25, 0.3) is 0 Å². The van der Waals surface area contributed by atoms with Gasteiger partial charge in [-0.25, -0.2) is 0 Å². The third-order valence-electron chi connectivity index (χ3n) is 2.84. The molecule has 0 spiro atoms. The fourth-order valence-corrected chi connectivity index (χ4v) is 3.44. The molecule has 0 fully saturated rings. The zero-order chi connectivity index (χ0) is 15.0. The van der Waals surface area contributed by atoms with Gasteiger partial charge in [0.25, 0.3) is 0 Å². The maximum absolute atomic E-state index is 5.16. The number of rotatable bonds is 6. The van der Waals surface area contributed by atoms with Crippen molar-refractivity contribution in [1.29, 1.82) is 0 Å². The molecule has 0 saturated heterocycles. The highest BCUT2D eigenvalue weighted by Crippen LogP contribution is 2.20. The maximum Gasteiger partial charge on any atom is 0.725 e. The van der Waals surface area contributed by atoms with Gasteiger partial charge in [0.2, 0.25) is 0 Å². The van der Waals surface area contributed by atoms with E-state index < -0.39 is 8.80 Å². The minimum atomic E-state index is -3.22. The van der Waals surface area contributed by atoms with Crippen LogP contribution in [0.1, 0.15) is 16.7 Å². The summed E-state index contributed by atoms with van der Waals surface area (Å²) in [6.07, 6.45) is 22.3. The van der Waals surface area contributed by atoms with Gasteiger partial charge in [-0.1, -0.05) is 43.0 Å². The van der Waals surface area contributed by atoms with Crippen molar-refractivity contribution < 1.29 is 13.3 Å². The number of benzene rings is 1. The van der Waals surface area contributed by atoms with Crippen LogP contribution in [-0.4, -0.2) is 8.80 Å². The molecule has 1 rings (SSSR count). The van der Waals surface area contributed by atoms with E-state index in [1.54, 1.807) is 0 Å². The van der Waals surface area contributed by atoms with Crippen LogP contribution in [0.4, 0.5) is 0 Å². The molecule has 0 aliphatic heterocycles. The molecule has 0 N–H and O–H groups in total. The summed E-state index contributed by atoms with van der Waals surface area (Å²) in [7, 11) is -3.22. The predicted molar refractivity (Wildman–Crippen MR) is 79.9 cm³/mol. The molecule has 1 aromatic carbocycles. The van der Waals surface area contributed by atoms with E-state index in [4.69, 9.17) is 32.5 Å². The zero-order valence-electron chi connectivity index (χ0n) is 11.6. The number of terminal acetylenes is 3. The Labute approximate surface area is 121 Å². The lowest BCUT2D eigenvalue weighted by Crippen LogP contribution is -2.42. The summed E-state index contributed by atoms with van der Waals surface area (Å²) >= 11 is 0. The highest BCUT2D eigenvalue weighted by Gasteiger charge is 2.48. The second-order valence-corrected chi connectivity index (χ2v) is 6.75. The molecule has 4 heteroatoms. The molecule has 0 bridgehead atoms. The Morgan fingerprint density at radius 3 is 2.00 bits per heavy atom. The normalized spacial score (nSPS) is 9.75. The average Bonchev–Trinajstić information content (AvgIpc) is 2.38. The summed E-state index contributed by atoms with van der Waals surface area (Å²) < 4.78 is 15.4. The Balaban J connectivity index is 2.88. The molecule has 0 heterocycles. The van der Waals surface area contributed by atoms with Crippen LogP contribution < -0.4 is 0 Å². The lowest BCUT2D eigenvalue weighted by molar-refractivity contribution is 0.212. The van der Waals surface area contributed by atoms with Crippen molar-refractivity contribution in [3.05, 3.63) is 34.9 Å². The Kier molecular flexibility index (Phi) is 5.60. The molecule has 0 amide bonds. The van der Waals surface area contributed by atoms with Crippen molar-refractivity contribution in [2.24, 2.45) is 0 Å². The molecule has 0 unspecified atom stereocenters. The largest absolute Gasteiger partial charge is 0.725 e. The number of hydrogen-bond acceptors (Lipinski definition) is 3. The Morgan fingerprint density at radius 2 is 1.55 bits per heavy atom. The molecule has 0 saturated carbocycles. The highest BCUT2D eigenvalue weighted by molar-refractivity contribution is 6.61. The van der Waals surface area contributed by atoms with Gasteiger partial charge in [0, 0.05) is 0 Å². The first kappa shape index (κ1) is 15.6. The van der Waals surface area contributed by atoms with Gasteiger partial charge in [0.1, 0.15) is 0 Å². The fourth-order valence-electron chi connectivity index (χ4n) is 1.90. The minimum absolute atomic E-state index is 0.412. The Bertz CT molecular complexity index is 546. The molecule has 0 radical (unpaired) electrons. The summed E-state index contributed by atoms with van der Waals surface area (Å²) in [5.41, 5.74) is 3.53. The van der Waals surface area contributed by atoms with E-state index in [1.807, 2.05) is 26.0 Å². The molecule has 0 aromatic heterocycles. The molecule has 1 aromatic rings. The first-order valence-electron chi connectivity index (χ1n) is 6.04. The standard InChI is InChI=1S/C16H16O3Si/c1-6-17-20(18-7-2,19-8-3)12-11-16-10-9-14(4)13-15(16)5/h1-3,9-10,13H,11-12H2,4-5H3. The van der Waals surface area contributed by atoms with Crippen molar-refractivity contribution >= 4 is 8.80 Å².